The summed E-state index contributed by atoms with van der Waals surface area (Å²) in [5.41, 5.74) is 6.63. The molecule has 3 aromatic carbocycles. The van der Waals surface area contributed by atoms with Crippen LogP contribution < -0.4 is 25.6 Å². The number of urea groups is 1. The zero-order valence-corrected chi connectivity index (χ0v) is 35.2. The van der Waals surface area contributed by atoms with E-state index in [1.165, 1.54) is 24.3 Å². The highest BCUT2D eigenvalue weighted by Gasteiger charge is 2.26. The van der Waals surface area contributed by atoms with E-state index in [4.69, 9.17) is 27.0 Å². The van der Waals surface area contributed by atoms with Crippen LogP contribution in [0.25, 0.3) is 0 Å². The third-order valence-electron chi connectivity index (χ3n) is 6.17. The summed E-state index contributed by atoms with van der Waals surface area (Å²) in [6.07, 6.45) is 0. The lowest BCUT2D eigenvalue weighted by atomic mass is 9.92. The van der Waals surface area contributed by atoms with Gasteiger partial charge in [0.15, 0.2) is 0 Å². The maximum Gasteiger partial charge on any atom is 0.333 e. The highest BCUT2D eigenvalue weighted by atomic mass is 35.5. The van der Waals surface area contributed by atoms with Gasteiger partial charge in [-0.05, 0) is 113 Å². The van der Waals surface area contributed by atoms with E-state index in [9.17, 15) is 38.5 Å². The van der Waals surface area contributed by atoms with E-state index < -0.39 is 56.7 Å². The normalized spacial score (nSPS) is 12.7. The van der Waals surface area contributed by atoms with Crippen LogP contribution in [0, 0.1) is 0 Å². The molecular weight excluding hydrogens is 790 g/mol. The Morgan fingerprint density at radius 1 is 0.698 bits per heavy atom. The standard InChI is InChI=1S/C23H32ClN3O5S2.C6H7NO5S2.C4H11N/c1-14(2)19-11-16(24)12-20(15(3)4)21(19)25-22(28)26-33(29,30)17-9-8-10-18(13-17)34(31,32)27-23(5,6)7;7-13(8,9)5-2-1-3-6(4-5)14(10,11)12;1-4(2,3)5/h8-15,27H,1-7H3,(H2,25,26,28);1-4H,(H2,7,8,9)(H,10,11,12);5H2,1-3H3. The van der Waals surface area contributed by atoms with Crippen molar-refractivity contribution in [1.29, 1.82) is 0 Å². The van der Waals surface area contributed by atoms with Crippen molar-refractivity contribution >= 4 is 63.5 Å². The average molecular weight is 841 g/mol. The highest BCUT2D eigenvalue weighted by molar-refractivity contribution is 7.90. The smallest absolute Gasteiger partial charge is 0.326 e. The fourth-order valence-electron chi connectivity index (χ4n) is 4.11. The Bertz CT molecular complexity index is 2130. The number of amides is 2. The number of primary sulfonamides is 1. The number of nitrogens with one attached hydrogen (secondary N) is 3. The Balaban J connectivity index is 0.000000605. The molecule has 3 aromatic rings. The summed E-state index contributed by atoms with van der Waals surface area (Å²) in [5.74, 6) is 0.0284. The summed E-state index contributed by atoms with van der Waals surface area (Å²) >= 11 is 6.25. The molecule has 8 N–H and O–H groups in total. The third kappa shape index (κ3) is 16.8. The van der Waals surface area contributed by atoms with Gasteiger partial charge in [0.05, 0.1) is 19.6 Å². The molecule has 0 saturated heterocycles. The van der Waals surface area contributed by atoms with Crippen LogP contribution in [0.1, 0.15) is 92.2 Å². The molecule has 0 heterocycles. The molecule has 0 aliphatic heterocycles. The van der Waals surface area contributed by atoms with Gasteiger partial charge in [-0.25, -0.2) is 44.6 Å². The van der Waals surface area contributed by atoms with Crippen molar-refractivity contribution in [1.82, 2.24) is 9.44 Å². The predicted molar refractivity (Wildman–Crippen MR) is 207 cm³/mol. The number of nitrogens with two attached hydrogens (primary N) is 2. The van der Waals surface area contributed by atoms with Gasteiger partial charge in [0.1, 0.15) is 0 Å². The first-order chi connectivity index (χ1) is 23.6. The summed E-state index contributed by atoms with van der Waals surface area (Å²) in [5, 5.41) is 7.94. The number of hydrogen-bond donors (Lipinski definition) is 6. The largest absolute Gasteiger partial charge is 0.333 e. The first kappa shape index (κ1) is 47.9. The van der Waals surface area contributed by atoms with E-state index in [1.807, 2.05) is 53.2 Å². The molecule has 0 aromatic heterocycles. The van der Waals surface area contributed by atoms with E-state index in [0.29, 0.717) is 10.7 Å². The van der Waals surface area contributed by atoms with Crippen LogP contribution in [-0.4, -0.2) is 55.3 Å². The molecule has 0 aliphatic rings. The first-order valence-electron chi connectivity index (χ1n) is 15.8. The van der Waals surface area contributed by atoms with Gasteiger partial charge < -0.3 is 11.1 Å². The monoisotopic (exact) mass is 839 g/mol. The fourth-order valence-corrected chi connectivity index (χ4v) is 7.99. The van der Waals surface area contributed by atoms with Gasteiger partial charge in [-0.1, -0.05) is 51.4 Å². The van der Waals surface area contributed by atoms with Gasteiger partial charge in [0.25, 0.3) is 20.1 Å². The summed E-state index contributed by atoms with van der Waals surface area (Å²) in [6.45, 7) is 18.7. The molecule has 20 heteroatoms. The molecule has 15 nitrogen and oxygen atoms in total. The van der Waals surface area contributed by atoms with E-state index in [0.717, 1.165) is 35.4 Å². The van der Waals surface area contributed by atoms with Crippen LogP contribution in [0.5, 0.6) is 0 Å². The quantitative estimate of drug-likeness (QED) is 0.147. The SMILES string of the molecule is CC(C)(C)N.CC(C)c1cc(Cl)cc(C(C)C)c1NC(=O)NS(=O)(=O)c1cccc(S(=O)(=O)NC(C)(C)C)c1.NS(=O)(=O)c1cccc(S(=O)(=O)O)c1. The minimum Gasteiger partial charge on any atom is -0.326 e. The minimum atomic E-state index is -4.41. The Morgan fingerprint density at radius 2 is 1.08 bits per heavy atom. The van der Waals surface area contributed by atoms with Gasteiger partial charge in [0.2, 0.25) is 20.0 Å². The van der Waals surface area contributed by atoms with Crippen LogP contribution in [0.3, 0.4) is 0 Å². The molecule has 0 radical (unpaired) electrons. The fraction of sp³-hybridized carbons (Fsp3) is 0.424. The number of hydrogen-bond acceptors (Lipinski definition) is 10. The second-order valence-corrected chi connectivity index (χ2v) is 21.3. The first-order valence-corrected chi connectivity index (χ1v) is 22.2. The third-order valence-corrected chi connectivity index (χ3v) is 11.2. The van der Waals surface area contributed by atoms with Gasteiger partial charge in [0, 0.05) is 21.8 Å². The average Bonchev–Trinajstić information content (AvgIpc) is 2.95. The number of benzene rings is 3. The number of halogens is 1. The molecule has 0 saturated carbocycles. The van der Waals surface area contributed by atoms with Crippen LogP contribution in [0.15, 0.2) is 80.2 Å². The number of carbonyl (C=O) groups is 1. The van der Waals surface area contributed by atoms with Crippen molar-refractivity contribution in [3.63, 3.8) is 0 Å². The van der Waals surface area contributed by atoms with Crippen LogP contribution >= 0.6 is 11.6 Å². The van der Waals surface area contributed by atoms with Crippen molar-refractivity contribution in [2.24, 2.45) is 10.9 Å². The molecule has 0 aliphatic carbocycles. The van der Waals surface area contributed by atoms with Crippen molar-refractivity contribution in [3.05, 3.63) is 76.8 Å². The molecule has 0 unspecified atom stereocenters. The maximum atomic E-state index is 12.9. The number of sulfonamides is 3. The lowest BCUT2D eigenvalue weighted by Crippen LogP contribution is -2.40. The van der Waals surface area contributed by atoms with Gasteiger partial charge in [-0.2, -0.15) is 8.42 Å². The van der Waals surface area contributed by atoms with E-state index in [-0.39, 0.29) is 32.1 Å². The van der Waals surface area contributed by atoms with Crippen molar-refractivity contribution in [2.75, 3.05) is 5.32 Å². The second-order valence-electron chi connectivity index (χ2n) is 14.5. The molecule has 298 valence electrons. The predicted octanol–water partition coefficient (Wildman–Crippen LogP) is 5.50. The molecule has 0 bridgehead atoms. The molecule has 3 rings (SSSR count). The molecular formula is C33H50ClN5O10S4. The molecule has 2 amide bonds. The van der Waals surface area contributed by atoms with Crippen molar-refractivity contribution in [2.45, 2.75) is 112 Å². The summed E-state index contributed by atoms with van der Waals surface area (Å²) in [7, 11) is -16.7. The van der Waals surface area contributed by atoms with E-state index in [2.05, 4.69) is 10.0 Å². The Hall–Kier alpha value is -3.14. The van der Waals surface area contributed by atoms with Crippen molar-refractivity contribution < 1.29 is 43.0 Å². The number of anilines is 1. The second kappa shape index (κ2) is 18.0. The Morgan fingerprint density at radius 3 is 1.45 bits per heavy atom. The van der Waals surface area contributed by atoms with Crippen LogP contribution in [0.4, 0.5) is 10.5 Å². The maximum absolute atomic E-state index is 12.9. The summed E-state index contributed by atoms with van der Waals surface area (Å²) in [4.78, 5) is 11.3. The van der Waals surface area contributed by atoms with Gasteiger partial charge in [-0.15, -0.1) is 0 Å². The highest BCUT2D eigenvalue weighted by Crippen LogP contribution is 2.35. The Kier molecular flexibility index (Phi) is 16.3. The van der Waals surface area contributed by atoms with Gasteiger partial charge in [-0.3, -0.25) is 4.55 Å². The zero-order chi connectivity index (χ0) is 41.5. The van der Waals surface area contributed by atoms with Crippen LogP contribution in [-0.2, 0) is 40.2 Å². The van der Waals surface area contributed by atoms with Crippen LogP contribution in [0.2, 0.25) is 5.02 Å². The Labute approximate surface area is 319 Å². The lowest BCUT2D eigenvalue weighted by Gasteiger charge is -2.21. The molecule has 53 heavy (non-hydrogen) atoms. The summed E-state index contributed by atoms with van der Waals surface area (Å²) in [6, 6.07) is 11.4. The number of carbonyl (C=O) groups excluding carboxylic acids is 1. The number of rotatable bonds is 9. The van der Waals surface area contributed by atoms with Gasteiger partial charge >= 0.3 is 6.03 Å². The van der Waals surface area contributed by atoms with Crippen molar-refractivity contribution in [3.8, 4) is 0 Å². The van der Waals surface area contributed by atoms with E-state index in [1.54, 1.807) is 32.9 Å². The topological polar surface area (TPSA) is 262 Å². The summed E-state index contributed by atoms with van der Waals surface area (Å²) < 4.78 is 107. The lowest BCUT2D eigenvalue weighted by molar-refractivity contribution is 0.256. The van der Waals surface area contributed by atoms with E-state index >= 15 is 0 Å². The minimum absolute atomic E-state index is 0. The molecule has 0 fully saturated rings. The zero-order valence-electron chi connectivity index (χ0n) is 31.2. The molecule has 0 atom stereocenters. The molecule has 0 spiro atoms.